The Morgan fingerprint density at radius 2 is 1.89 bits per heavy atom. The topological polar surface area (TPSA) is 18.5 Å². The molecule has 0 radical (unpaired) electrons. The first-order chi connectivity index (χ1) is 9.33. The van der Waals surface area contributed by atoms with Crippen LogP contribution in [0.3, 0.4) is 0 Å². The van der Waals surface area contributed by atoms with E-state index in [0.29, 0.717) is 0 Å². The molecule has 1 aliphatic carbocycles. The number of benzene rings is 1. The summed E-state index contributed by atoms with van der Waals surface area (Å²) >= 11 is 5.44. The van der Waals surface area contributed by atoms with Crippen molar-refractivity contribution in [1.82, 2.24) is 15.1 Å². The fourth-order valence-corrected chi connectivity index (χ4v) is 3.24. The molecule has 0 aromatic heterocycles. The van der Waals surface area contributed by atoms with Crippen LogP contribution in [0.2, 0.25) is 0 Å². The van der Waals surface area contributed by atoms with Gasteiger partial charge in [-0.25, -0.2) is 0 Å². The lowest BCUT2D eigenvalue weighted by atomic mass is 10.2. The van der Waals surface area contributed by atoms with E-state index >= 15 is 0 Å². The van der Waals surface area contributed by atoms with Crippen molar-refractivity contribution >= 4 is 17.3 Å². The molecule has 19 heavy (non-hydrogen) atoms. The number of thiocarbonyl (C=S) groups is 1. The lowest BCUT2D eigenvalue weighted by Gasteiger charge is -2.41. The molecule has 1 aromatic carbocycles. The van der Waals surface area contributed by atoms with E-state index in [9.17, 15) is 0 Å². The molecule has 1 saturated heterocycles. The first kappa shape index (κ1) is 12.9. The lowest BCUT2D eigenvalue weighted by Crippen LogP contribution is -2.57. The van der Waals surface area contributed by atoms with Crippen LogP contribution in [0.5, 0.6) is 0 Å². The minimum Gasteiger partial charge on any atom is -0.350 e. The second-order valence-electron chi connectivity index (χ2n) is 5.49. The molecule has 2 aliphatic rings. The van der Waals surface area contributed by atoms with Crippen LogP contribution in [-0.2, 0) is 6.54 Å². The third-order valence-electron chi connectivity index (χ3n) is 4.13. The summed E-state index contributed by atoms with van der Waals surface area (Å²) in [5, 5.41) is 4.25. The van der Waals surface area contributed by atoms with Crippen molar-refractivity contribution in [1.29, 1.82) is 0 Å². The molecule has 1 N–H and O–H groups in total. The molecular formula is C15H21N3S. The number of nitrogens with zero attached hydrogens (tertiary/aromatic N) is 2. The van der Waals surface area contributed by atoms with Crippen LogP contribution in [0.1, 0.15) is 31.2 Å². The van der Waals surface area contributed by atoms with Crippen molar-refractivity contribution in [3.05, 3.63) is 35.9 Å². The molecule has 0 atom stereocenters. The summed E-state index contributed by atoms with van der Waals surface area (Å²) in [6, 6.07) is 11.3. The second-order valence-corrected chi connectivity index (χ2v) is 5.88. The minimum atomic E-state index is 0.744. The van der Waals surface area contributed by atoms with Crippen molar-refractivity contribution in [3.63, 3.8) is 0 Å². The van der Waals surface area contributed by atoms with Gasteiger partial charge in [-0.15, -0.1) is 0 Å². The molecule has 1 saturated carbocycles. The third kappa shape index (κ3) is 3.07. The fraction of sp³-hybridized carbons (Fsp3) is 0.533. The Kier molecular flexibility index (Phi) is 3.99. The van der Waals surface area contributed by atoms with Crippen LogP contribution in [0.15, 0.2) is 30.3 Å². The predicted molar refractivity (Wildman–Crippen MR) is 81.5 cm³/mol. The Morgan fingerprint density at radius 3 is 2.63 bits per heavy atom. The SMILES string of the molecule is S=C1NCN(C2CCCC2)CN1Cc1ccccc1. The summed E-state index contributed by atoms with van der Waals surface area (Å²) in [6.07, 6.45) is 5.44. The van der Waals surface area contributed by atoms with E-state index in [-0.39, 0.29) is 0 Å². The predicted octanol–water partition coefficient (Wildman–Crippen LogP) is 2.54. The van der Waals surface area contributed by atoms with E-state index in [1.54, 1.807) is 0 Å². The first-order valence-electron chi connectivity index (χ1n) is 7.14. The van der Waals surface area contributed by atoms with Gasteiger partial charge >= 0.3 is 0 Å². The summed E-state index contributed by atoms with van der Waals surface area (Å²) in [4.78, 5) is 4.80. The van der Waals surface area contributed by atoms with Gasteiger partial charge < -0.3 is 10.2 Å². The average molecular weight is 275 g/mol. The van der Waals surface area contributed by atoms with Gasteiger partial charge in [0.05, 0.1) is 13.3 Å². The van der Waals surface area contributed by atoms with Crippen LogP contribution in [0.4, 0.5) is 0 Å². The smallest absolute Gasteiger partial charge is 0.171 e. The Morgan fingerprint density at radius 1 is 1.16 bits per heavy atom. The van der Waals surface area contributed by atoms with Gasteiger partial charge in [0.1, 0.15) is 0 Å². The summed E-state index contributed by atoms with van der Waals surface area (Å²) in [7, 11) is 0. The van der Waals surface area contributed by atoms with Crippen molar-refractivity contribution in [2.45, 2.75) is 38.3 Å². The van der Waals surface area contributed by atoms with Crippen LogP contribution in [0, 0.1) is 0 Å². The van der Waals surface area contributed by atoms with Crippen LogP contribution < -0.4 is 5.32 Å². The van der Waals surface area contributed by atoms with Crippen molar-refractivity contribution in [2.75, 3.05) is 13.3 Å². The number of hydrogen-bond donors (Lipinski definition) is 1. The molecule has 1 aliphatic heterocycles. The summed E-state index contributed by atoms with van der Waals surface area (Å²) < 4.78 is 0. The van der Waals surface area contributed by atoms with Gasteiger partial charge in [0.25, 0.3) is 0 Å². The molecular weight excluding hydrogens is 254 g/mol. The van der Waals surface area contributed by atoms with E-state index in [1.165, 1.54) is 31.2 Å². The molecule has 0 bridgehead atoms. The van der Waals surface area contributed by atoms with E-state index in [2.05, 4.69) is 45.4 Å². The standard InChI is InChI=1S/C15H21N3S/c19-15-16-11-18(14-8-4-5-9-14)12-17(15)10-13-6-2-1-3-7-13/h1-3,6-7,14H,4-5,8-12H2,(H,16,19). The molecule has 1 heterocycles. The van der Waals surface area contributed by atoms with Gasteiger partial charge in [-0.2, -0.15) is 0 Å². The van der Waals surface area contributed by atoms with Gasteiger partial charge in [-0.05, 0) is 30.6 Å². The number of hydrogen-bond acceptors (Lipinski definition) is 2. The molecule has 0 spiro atoms. The largest absolute Gasteiger partial charge is 0.350 e. The summed E-state index contributed by atoms with van der Waals surface area (Å²) in [5.74, 6) is 0. The zero-order valence-corrected chi connectivity index (χ0v) is 12.0. The zero-order chi connectivity index (χ0) is 13.1. The van der Waals surface area contributed by atoms with Gasteiger partial charge in [0.2, 0.25) is 0 Å². The Balaban J connectivity index is 1.64. The highest BCUT2D eigenvalue weighted by Crippen LogP contribution is 2.24. The van der Waals surface area contributed by atoms with Crippen LogP contribution in [0.25, 0.3) is 0 Å². The van der Waals surface area contributed by atoms with Gasteiger partial charge in [0, 0.05) is 12.6 Å². The molecule has 0 amide bonds. The molecule has 3 rings (SSSR count). The van der Waals surface area contributed by atoms with Crippen molar-refractivity contribution in [2.24, 2.45) is 0 Å². The van der Waals surface area contributed by atoms with Gasteiger partial charge in [-0.3, -0.25) is 4.90 Å². The summed E-state index contributed by atoms with van der Waals surface area (Å²) in [6.45, 7) is 2.77. The highest BCUT2D eigenvalue weighted by Gasteiger charge is 2.28. The van der Waals surface area contributed by atoms with E-state index < -0.39 is 0 Å². The first-order valence-corrected chi connectivity index (χ1v) is 7.54. The quantitative estimate of drug-likeness (QED) is 0.854. The zero-order valence-electron chi connectivity index (χ0n) is 11.2. The van der Waals surface area contributed by atoms with E-state index in [0.717, 1.165) is 31.0 Å². The Labute approximate surface area is 120 Å². The number of nitrogens with one attached hydrogen (secondary N) is 1. The number of rotatable bonds is 3. The molecule has 4 heteroatoms. The Hall–Kier alpha value is -1.13. The van der Waals surface area contributed by atoms with Gasteiger partial charge in [-0.1, -0.05) is 43.2 Å². The van der Waals surface area contributed by atoms with Gasteiger partial charge in [0.15, 0.2) is 5.11 Å². The van der Waals surface area contributed by atoms with E-state index in [1.807, 2.05) is 0 Å². The highest BCUT2D eigenvalue weighted by molar-refractivity contribution is 7.80. The third-order valence-corrected chi connectivity index (χ3v) is 4.53. The highest BCUT2D eigenvalue weighted by atomic mass is 32.1. The van der Waals surface area contributed by atoms with Crippen molar-refractivity contribution < 1.29 is 0 Å². The van der Waals surface area contributed by atoms with Crippen LogP contribution in [-0.4, -0.2) is 34.3 Å². The fourth-order valence-electron chi connectivity index (χ4n) is 3.05. The minimum absolute atomic E-state index is 0.744. The van der Waals surface area contributed by atoms with Crippen LogP contribution >= 0.6 is 12.2 Å². The van der Waals surface area contributed by atoms with E-state index in [4.69, 9.17) is 12.2 Å². The lowest BCUT2D eigenvalue weighted by molar-refractivity contribution is 0.104. The maximum Gasteiger partial charge on any atom is 0.171 e. The Bertz CT molecular complexity index is 428. The maximum absolute atomic E-state index is 5.44. The molecule has 102 valence electrons. The molecule has 2 fully saturated rings. The maximum atomic E-state index is 5.44. The monoisotopic (exact) mass is 275 g/mol. The molecule has 0 unspecified atom stereocenters. The molecule has 1 aromatic rings. The normalized spacial score (nSPS) is 21.7. The second kappa shape index (κ2) is 5.88. The summed E-state index contributed by atoms with van der Waals surface area (Å²) in [5.41, 5.74) is 1.32. The molecule has 3 nitrogen and oxygen atoms in total. The average Bonchev–Trinajstić information content (AvgIpc) is 2.96. The van der Waals surface area contributed by atoms with Crippen molar-refractivity contribution in [3.8, 4) is 0 Å².